The molecule has 4 nitrogen and oxygen atoms in total. The second kappa shape index (κ2) is 6.01. The van der Waals surface area contributed by atoms with Crippen LogP contribution in [0, 0.1) is 18.3 Å². The zero-order valence-corrected chi connectivity index (χ0v) is 14.7. The molecule has 1 aromatic heterocycles. The van der Waals surface area contributed by atoms with Crippen LogP contribution in [0.1, 0.15) is 36.9 Å². The molecule has 0 radical (unpaired) electrons. The largest absolute Gasteiger partial charge is 0.330 e. The summed E-state index contributed by atoms with van der Waals surface area (Å²) in [6.07, 6.45) is 5.71. The maximum absolute atomic E-state index is 13.1. The van der Waals surface area contributed by atoms with Crippen molar-refractivity contribution >= 4 is 5.91 Å². The van der Waals surface area contributed by atoms with Gasteiger partial charge in [0.1, 0.15) is 0 Å². The van der Waals surface area contributed by atoms with Gasteiger partial charge in [-0.3, -0.25) is 14.7 Å². The molecule has 4 rings (SSSR count). The first-order valence-electron chi connectivity index (χ1n) is 9.18. The summed E-state index contributed by atoms with van der Waals surface area (Å²) in [6.45, 7) is 3.92. The van der Waals surface area contributed by atoms with E-state index in [4.69, 9.17) is 0 Å². The molecule has 1 aliphatic carbocycles. The summed E-state index contributed by atoms with van der Waals surface area (Å²) in [5.74, 6) is -2.81. The minimum Gasteiger partial charge on any atom is -0.330 e. The van der Waals surface area contributed by atoms with Crippen LogP contribution in [0.4, 0.5) is 8.78 Å². The summed E-state index contributed by atoms with van der Waals surface area (Å²) < 4.78 is 26.3. The summed E-state index contributed by atoms with van der Waals surface area (Å²) in [5.41, 5.74) is 2.25. The van der Waals surface area contributed by atoms with Gasteiger partial charge in [-0.1, -0.05) is 12.5 Å². The number of alkyl halides is 2. The maximum atomic E-state index is 13.1. The smallest absolute Gasteiger partial charge is 0.282 e. The van der Waals surface area contributed by atoms with Gasteiger partial charge in [0.25, 0.3) is 5.92 Å². The van der Waals surface area contributed by atoms with Gasteiger partial charge in [-0.25, -0.2) is 8.78 Å². The Bertz CT molecular complexity index is 672. The molecule has 136 valence electrons. The van der Waals surface area contributed by atoms with Gasteiger partial charge in [-0.05, 0) is 49.8 Å². The predicted octanol–water partition coefficient (Wildman–Crippen LogP) is 2.86. The molecular weight excluding hydrogens is 324 g/mol. The second-order valence-corrected chi connectivity index (χ2v) is 8.09. The standard InChI is InChI=1S/C19H25F2N3O/c1-14-4-3-8-22-16(14)10-23-9-7-18(11-23)6-2-5-15(18)17(25)24-12-19(20,21)13-24/h3-4,8,15H,2,5-7,9-13H2,1H3/t15-,18+/m1/s1. The van der Waals surface area contributed by atoms with E-state index >= 15 is 0 Å². The van der Waals surface area contributed by atoms with E-state index in [2.05, 4.69) is 22.9 Å². The number of rotatable bonds is 3. The Morgan fingerprint density at radius 3 is 2.84 bits per heavy atom. The van der Waals surface area contributed by atoms with Crippen molar-refractivity contribution < 1.29 is 13.6 Å². The first-order chi connectivity index (χ1) is 11.9. The lowest BCUT2D eigenvalue weighted by atomic mass is 9.76. The molecule has 25 heavy (non-hydrogen) atoms. The zero-order chi connectivity index (χ0) is 17.7. The Hall–Kier alpha value is -1.56. The normalized spacial score (nSPS) is 31.5. The van der Waals surface area contributed by atoms with Crippen LogP contribution in [0.5, 0.6) is 0 Å². The molecule has 3 fully saturated rings. The molecule has 1 spiro atoms. The average Bonchev–Trinajstić information content (AvgIpc) is 3.14. The monoisotopic (exact) mass is 349 g/mol. The highest BCUT2D eigenvalue weighted by atomic mass is 19.3. The number of aryl methyl sites for hydroxylation is 1. The molecule has 3 aliphatic rings. The van der Waals surface area contributed by atoms with Crippen molar-refractivity contribution in [2.45, 2.75) is 45.1 Å². The van der Waals surface area contributed by atoms with Gasteiger partial charge in [0.15, 0.2) is 0 Å². The molecule has 1 amide bonds. The molecule has 0 bridgehead atoms. The molecule has 2 atom stereocenters. The minimum absolute atomic E-state index is 0.0232. The van der Waals surface area contributed by atoms with E-state index in [1.54, 1.807) is 0 Å². The van der Waals surface area contributed by atoms with E-state index in [0.29, 0.717) is 0 Å². The van der Waals surface area contributed by atoms with Crippen LogP contribution >= 0.6 is 0 Å². The molecule has 2 aliphatic heterocycles. The fraction of sp³-hybridized carbons (Fsp3) is 0.684. The van der Waals surface area contributed by atoms with Crippen LogP contribution in [-0.4, -0.2) is 52.8 Å². The van der Waals surface area contributed by atoms with Gasteiger partial charge in [0.2, 0.25) is 5.91 Å². The lowest BCUT2D eigenvalue weighted by molar-refractivity contribution is -0.172. The van der Waals surface area contributed by atoms with Crippen molar-refractivity contribution in [3.63, 3.8) is 0 Å². The molecular formula is C19H25F2N3O. The highest BCUT2D eigenvalue weighted by Crippen LogP contribution is 2.51. The SMILES string of the molecule is Cc1cccnc1CN1CC[C@@]2(CCC[C@@H]2C(=O)N2CC(F)(F)C2)C1. The number of hydrogen-bond donors (Lipinski definition) is 0. The highest BCUT2D eigenvalue weighted by molar-refractivity contribution is 5.81. The van der Waals surface area contributed by atoms with Crippen molar-refractivity contribution in [2.75, 3.05) is 26.2 Å². The van der Waals surface area contributed by atoms with E-state index in [9.17, 15) is 13.6 Å². The number of aromatic nitrogens is 1. The Labute approximate surface area is 147 Å². The fourth-order valence-corrected chi connectivity index (χ4v) is 4.92. The third-order valence-electron chi connectivity index (χ3n) is 6.32. The van der Waals surface area contributed by atoms with Crippen LogP contribution in [0.2, 0.25) is 0 Å². The molecule has 0 unspecified atom stereocenters. The Morgan fingerprint density at radius 1 is 1.32 bits per heavy atom. The van der Waals surface area contributed by atoms with E-state index in [0.717, 1.165) is 51.0 Å². The fourth-order valence-electron chi connectivity index (χ4n) is 4.92. The number of carbonyl (C=O) groups is 1. The van der Waals surface area contributed by atoms with E-state index in [1.165, 1.54) is 10.5 Å². The Balaban J connectivity index is 1.43. The first kappa shape index (κ1) is 16.9. The van der Waals surface area contributed by atoms with Gasteiger partial charge in [-0.15, -0.1) is 0 Å². The second-order valence-electron chi connectivity index (χ2n) is 8.09. The van der Waals surface area contributed by atoms with Crippen molar-refractivity contribution in [3.8, 4) is 0 Å². The molecule has 1 aromatic rings. The van der Waals surface area contributed by atoms with E-state index in [1.807, 2.05) is 12.3 Å². The molecule has 6 heteroatoms. The zero-order valence-electron chi connectivity index (χ0n) is 14.7. The number of nitrogens with zero attached hydrogens (tertiary/aromatic N) is 3. The summed E-state index contributed by atoms with van der Waals surface area (Å²) in [6, 6.07) is 4.01. The van der Waals surface area contributed by atoms with Crippen LogP contribution < -0.4 is 0 Å². The first-order valence-corrected chi connectivity index (χ1v) is 9.18. The third kappa shape index (κ3) is 3.05. The number of likely N-dealkylation sites (tertiary alicyclic amines) is 2. The molecule has 3 heterocycles. The minimum atomic E-state index is -2.68. The predicted molar refractivity (Wildman–Crippen MR) is 90.2 cm³/mol. The average molecular weight is 349 g/mol. The van der Waals surface area contributed by atoms with Gasteiger partial charge in [-0.2, -0.15) is 0 Å². The highest BCUT2D eigenvalue weighted by Gasteiger charge is 2.55. The van der Waals surface area contributed by atoms with E-state index < -0.39 is 19.0 Å². The Kier molecular flexibility index (Phi) is 4.06. The topological polar surface area (TPSA) is 36.4 Å². The van der Waals surface area contributed by atoms with Gasteiger partial charge < -0.3 is 4.90 Å². The lowest BCUT2D eigenvalue weighted by Crippen LogP contribution is -2.60. The number of halogens is 2. The maximum Gasteiger partial charge on any atom is 0.282 e. The van der Waals surface area contributed by atoms with Crippen molar-refractivity contribution in [2.24, 2.45) is 11.3 Å². The van der Waals surface area contributed by atoms with E-state index in [-0.39, 0.29) is 17.2 Å². The molecule has 2 saturated heterocycles. The lowest BCUT2D eigenvalue weighted by Gasteiger charge is -2.42. The molecule has 0 N–H and O–H groups in total. The number of hydrogen-bond acceptors (Lipinski definition) is 3. The van der Waals surface area contributed by atoms with Crippen LogP contribution in [-0.2, 0) is 11.3 Å². The quantitative estimate of drug-likeness (QED) is 0.842. The van der Waals surface area contributed by atoms with Crippen LogP contribution in [0.15, 0.2) is 18.3 Å². The van der Waals surface area contributed by atoms with Gasteiger partial charge in [0, 0.05) is 25.2 Å². The van der Waals surface area contributed by atoms with Crippen LogP contribution in [0.3, 0.4) is 0 Å². The van der Waals surface area contributed by atoms with Gasteiger partial charge >= 0.3 is 0 Å². The summed E-state index contributed by atoms with van der Waals surface area (Å²) in [7, 11) is 0. The van der Waals surface area contributed by atoms with Crippen molar-refractivity contribution in [1.29, 1.82) is 0 Å². The molecule has 1 saturated carbocycles. The molecule has 0 aromatic carbocycles. The Morgan fingerprint density at radius 2 is 2.12 bits per heavy atom. The van der Waals surface area contributed by atoms with Crippen LogP contribution in [0.25, 0.3) is 0 Å². The number of amides is 1. The number of pyridine rings is 1. The summed E-state index contributed by atoms with van der Waals surface area (Å²) >= 11 is 0. The summed E-state index contributed by atoms with van der Waals surface area (Å²) in [5, 5.41) is 0. The van der Waals surface area contributed by atoms with Crippen molar-refractivity contribution in [3.05, 3.63) is 29.6 Å². The van der Waals surface area contributed by atoms with Gasteiger partial charge in [0.05, 0.1) is 18.8 Å². The van der Waals surface area contributed by atoms with Crippen molar-refractivity contribution in [1.82, 2.24) is 14.8 Å². The summed E-state index contributed by atoms with van der Waals surface area (Å²) in [4.78, 5) is 21.0. The number of carbonyl (C=O) groups excluding carboxylic acids is 1. The third-order valence-corrected chi connectivity index (χ3v) is 6.32.